The van der Waals surface area contributed by atoms with Crippen LogP contribution in [0.4, 0.5) is 13.2 Å². The summed E-state index contributed by atoms with van der Waals surface area (Å²) >= 11 is 0. The number of hydrogen-bond acceptors (Lipinski definition) is 2. The van der Waals surface area contributed by atoms with Gasteiger partial charge in [0.25, 0.3) is 5.91 Å². The Kier molecular flexibility index (Phi) is 4.54. The van der Waals surface area contributed by atoms with Crippen molar-refractivity contribution in [2.24, 2.45) is 5.92 Å². The van der Waals surface area contributed by atoms with Crippen LogP contribution in [0.2, 0.25) is 0 Å². The molecule has 0 spiro atoms. The summed E-state index contributed by atoms with van der Waals surface area (Å²) < 4.78 is 41.0. The van der Waals surface area contributed by atoms with Gasteiger partial charge >= 0.3 is 6.18 Å². The van der Waals surface area contributed by atoms with Gasteiger partial charge in [-0.1, -0.05) is 6.92 Å². The molecule has 1 aliphatic rings. The quantitative estimate of drug-likeness (QED) is 0.835. The van der Waals surface area contributed by atoms with Crippen molar-refractivity contribution in [2.75, 3.05) is 13.1 Å². The molecular formula is C15H22F3N3O. The molecule has 0 unspecified atom stereocenters. The Morgan fingerprint density at radius 3 is 2.27 bits per heavy atom. The fraction of sp³-hybridized carbons (Fsp3) is 0.733. The van der Waals surface area contributed by atoms with Crippen molar-refractivity contribution in [1.82, 2.24) is 14.7 Å². The predicted molar refractivity (Wildman–Crippen MR) is 76.7 cm³/mol. The average Bonchev–Trinajstić information content (AvgIpc) is 2.76. The first-order chi connectivity index (χ1) is 10.1. The van der Waals surface area contributed by atoms with Crippen LogP contribution >= 0.6 is 0 Å². The Bertz CT molecular complexity index is 555. The van der Waals surface area contributed by atoms with Crippen molar-refractivity contribution in [1.29, 1.82) is 0 Å². The topological polar surface area (TPSA) is 38.1 Å². The lowest BCUT2D eigenvalue weighted by atomic mass is 9.98. The maximum atomic E-state index is 13.2. The maximum Gasteiger partial charge on any atom is 0.435 e. The Morgan fingerprint density at radius 2 is 1.82 bits per heavy atom. The smallest absolute Gasteiger partial charge is 0.339 e. The lowest BCUT2D eigenvalue weighted by Gasteiger charge is -2.30. The van der Waals surface area contributed by atoms with E-state index < -0.39 is 17.8 Å². The molecule has 2 heterocycles. The molecule has 0 bridgehead atoms. The lowest BCUT2D eigenvalue weighted by Crippen LogP contribution is -2.38. The first-order valence-corrected chi connectivity index (χ1v) is 7.58. The zero-order chi connectivity index (χ0) is 16.7. The Balaban J connectivity index is 2.42. The molecule has 7 heteroatoms. The van der Waals surface area contributed by atoms with Crippen LogP contribution in [0.15, 0.2) is 0 Å². The van der Waals surface area contributed by atoms with Crippen molar-refractivity contribution in [2.45, 2.75) is 52.8 Å². The van der Waals surface area contributed by atoms with Crippen molar-refractivity contribution in [3.8, 4) is 0 Å². The normalized spacial score (nSPS) is 17.4. The largest absolute Gasteiger partial charge is 0.435 e. The van der Waals surface area contributed by atoms with Gasteiger partial charge in [-0.2, -0.15) is 18.3 Å². The summed E-state index contributed by atoms with van der Waals surface area (Å²) in [6.07, 6.45) is -2.98. The van der Waals surface area contributed by atoms with Crippen LogP contribution in [0.3, 0.4) is 0 Å². The molecule has 2 rings (SSSR count). The molecule has 1 aromatic rings. The molecule has 0 atom stereocenters. The van der Waals surface area contributed by atoms with Gasteiger partial charge in [0.15, 0.2) is 5.69 Å². The van der Waals surface area contributed by atoms with Crippen LogP contribution in [-0.4, -0.2) is 33.7 Å². The van der Waals surface area contributed by atoms with Gasteiger partial charge in [-0.15, -0.1) is 0 Å². The number of amides is 1. The first kappa shape index (κ1) is 16.8. The van der Waals surface area contributed by atoms with Crippen molar-refractivity contribution < 1.29 is 18.0 Å². The Hall–Kier alpha value is -1.53. The van der Waals surface area contributed by atoms with E-state index in [0.29, 0.717) is 19.0 Å². The number of likely N-dealkylation sites (tertiary alicyclic amines) is 1. The third-order valence-electron chi connectivity index (χ3n) is 4.19. The van der Waals surface area contributed by atoms with Gasteiger partial charge in [0.05, 0.1) is 5.56 Å². The summed E-state index contributed by atoms with van der Waals surface area (Å²) in [4.78, 5) is 14.1. The molecule has 4 nitrogen and oxygen atoms in total. The van der Waals surface area contributed by atoms with Crippen LogP contribution in [0.25, 0.3) is 0 Å². The molecular weight excluding hydrogens is 295 g/mol. The van der Waals surface area contributed by atoms with Crippen molar-refractivity contribution >= 4 is 5.91 Å². The second-order valence-electron chi connectivity index (χ2n) is 6.32. The number of piperidine rings is 1. The van der Waals surface area contributed by atoms with Gasteiger partial charge in [0.1, 0.15) is 0 Å². The number of carbonyl (C=O) groups is 1. The average molecular weight is 317 g/mol. The molecule has 1 saturated heterocycles. The van der Waals surface area contributed by atoms with E-state index in [4.69, 9.17) is 0 Å². The number of aromatic nitrogens is 2. The minimum atomic E-state index is -4.63. The molecule has 1 amide bonds. The highest BCUT2D eigenvalue weighted by Crippen LogP contribution is 2.34. The molecule has 0 aromatic carbocycles. The second kappa shape index (κ2) is 5.93. The lowest BCUT2D eigenvalue weighted by molar-refractivity contribution is -0.142. The predicted octanol–water partition coefficient (Wildman–Crippen LogP) is 3.66. The number of rotatable bonds is 2. The number of hydrogen-bond donors (Lipinski definition) is 0. The zero-order valence-electron chi connectivity index (χ0n) is 13.4. The number of carbonyl (C=O) groups excluding carboxylic acids is 1. The highest BCUT2D eigenvalue weighted by atomic mass is 19.4. The molecule has 0 saturated carbocycles. The van der Waals surface area contributed by atoms with E-state index in [-0.39, 0.29) is 17.3 Å². The number of halogens is 3. The maximum absolute atomic E-state index is 13.2. The minimum Gasteiger partial charge on any atom is -0.339 e. The van der Waals surface area contributed by atoms with Crippen molar-refractivity contribution in [3.05, 3.63) is 17.0 Å². The first-order valence-electron chi connectivity index (χ1n) is 7.58. The van der Waals surface area contributed by atoms with Gasteiger partial charge in [0.2, 0.25) is 0 Å². The molecule has 1 aromatic heterocycles. The standard InChI is InChI=1S/C15H22F3N3O/c1-9(2)21-11(4)12(13(19-21)15(16,17)18)14(22)20-7-5-10(3)6-8-20/h9-10H,5-8H2,1-4H3. The number of nitrogens with zero attached hydrogens (tertiary/aromatic N) is 3. The van der Waals surface area contributed by atoms with E-state index in [0.717, 1.165) is 12.8 Å². The highest BCUT2D eigenvalue weighted by Gasteiger charge is 2.42. The molecule has 1 fully saturated rings. The third kappa shape index (κ3) is 3.13. The van der Waals surface area contributed by atoms with Crippen molar-refractivity contribution in [3.63, 3.8) is 0 Å². The molecule has 124 valence electrons. The Labute approximate surface area is 128 Å². The van der Waals surface area contributed by atoms with Crippen LogP contribution in [0.1, 0.15) is 61.4 Å². The minimum absolute atomic E-state index is 0.232. The summed E-state index contributed by atoms with van der Waals surface area (Å²) in [5.74, 6) is -0.0470. The van der Waals surface area contributed by atoms with Gasteiger partial charge in [-0.3, -0.25) is 9.48 Å². The fourth-order valence-electron chi connectivity index (χ4n) is 2.85. The number of alkyl halides is 3. The summed E-state index contributed by atoms with van der Waals surface area (Å²) in [6, 6.07) is -0.232. The van der Waals surface area contributed by atoms with Gasteiger partial charge in [-0.05, 0) is 39.5 Å². The van der Waals surface area contributed by atoms with Gasteiger partial charge in [-0.25, -0.2) is 0 Å². The molecule has 1 aliphatic heterocycles. The summed E-state index contributed by atoms with van der Waals surface area (Å²) in [5, 5.41) is 3.66. The van der Waals surface area contributed by atoms with E-state index in [1.165, 1.54) is 16.5 Å². The summed E-state index contributed by atoms with van der Waals surface area (Å²) in [5.41, 5.74) is -1.08. The van der Waals surface area contributed by atoms with E-state index in [9.17, 15) is 18.0 Å². The van der Waals surface area contributed by atoms with E-state index in [1.54, 1.807) is 13.8 Å². The van der Waals surface area contributed by atoms with Gasteiger partial charge < -0.3 is 4.90 Å². The second-order valence-corrected chi connectivity index (χ2v) is 6.32. The van der Waals surface area contributed by atoms with Crippen LogP contribution in [-0.2, 0) is 6.18 Å². The SMILES string of the molecule is Cc1c(C(=O)N2CCC(C)CC2)c(C(F)(F)F)nn1C(C)C. The summed E-state index contributed by atoms with van der Waals surface area (Å²) in [6.45, 7) is 8.12. The van der Waals surface area contributed by atoms with Gasteiger partial charge in [0, 0.05) is 24.8 Å². The van der Waals surface area contributed by atoms with E-state index >= 15 is 0 Å². The monoisotopic (exact) mass is 317 g/mol. The molecule has 0 aliphatic carbocycles. The zero-order valence-corrected chi connectivity index (χ0v) is 13.4. The highest BCUT2D eigenvalue weighted by molar-refractivity contribution is 5.96. The summed E-state index contributed by atoms with van der Waals surface area (Å²) in [7, 11) is 0. The van der Waals surface area contributed by atoms with E-state index in [1.807, 2.05) is 0 Å². The Morgan fingerprint density at radius 1 is 1.27 bits per heavy atom. The fourth-order valence-corrected chi connectivity index (χ4v) is 2.85. The van der Waals surface area contributed by atoms with E-state index in [2.05, 4.69) is 12.0 Å². The molecule has 22 heavy (non-hydrogen) atoms. The van der Waals surface area contributed by atoms with Crippen LogP contribution < -0.4 is 0 Å². The molecule has 0 N–H and O–H groups in total. The van der Waals surface area contributed by atoms with Crippen LogP contribution in [0, 0.1) is 12.8 Å². The molecule has 0 radical (unpaired) electrons. The third-order valence-corrected chi connectivity index (χ3v) is 4.19. The van der Waals surface area contributed by atoms with Crippen LogP contribution in [0.5, 0.6) is 0 Å².